The maximum atomic E-state index is 12.1. The van der Waals surface area contributed by atoms with Crippen molar-refractivity contribution in [1.29, 1.82) is 0 Å². The first kappa shape index (κ1) is 22.2. The fourth-order valence-corrected chi connectivity index (χ4v) is 3.59. The monoisotopic (exact) mass is 403 g/mol. The first-order chi connectivity index (χ1) is 11.8. The van der Waals surface area contributed by atoms with Crippen molar-refractivity contribution in [3.05, 3.63) is 29.8 Å². The number of halogens is 1. The van der Waals surface area contributed by atoms with E-state index in [9.17, 15) is 13.2 Å². The minimum atomic E-state index is -3.94. The summed E-state index contributed by atoms with van der Waals surface area (Å²) < 4.78 is 28.9. The second-order valence-electron chi connectivity index (χ2n) is 6.27. The summed E-state index contributed by atoms with van der Waals surface area (Å²) >= 11 is 0. The zero-order valence-corrected chi connectivity index (χ0v) is 16.6. The Morgan fingerprint density at radius 1 is 1.15 bits per heavy atom. The van der Waals surface area contributed by atoms with E-state index in [1.165, 1.54) is 19.3 Å². The van der Waals surface area contributed by atoms with Crippen molar-refractivity contribution >= 4 is 40.2 Å². The summed E-state index contributed by atoms with van der Waals surface area (Å²) in [4.78, 5) is 14.4. The van der Waals surface area contributed by atoms with Gasteiger partial charge in [0.25, 0.3) is 5.91 Å². The van der Waals surface area contributed by atoms with Crippen LogP contribution in [0, 0.1) is 0 Å². The lowest BCUT2D eigenvalue weighted by atomic mass is 10.1. The molecule has 0 saturated carbocycles. The van der Waals surface area contributed by atoms with Gasteiger partial charge < -0.3 is 10.6 Å². The van der Waals surface area contributed by atoms with Crippen molar-refractivity contribution in [2.45, 2.75) is 39.2 Å². The van der Waals surface area contributed by atoms with E-state index in [1.807, 2.05) is 12.1 Å². The second-order valence-corrected chi connectivity index (χ2v) is 7.64. The molecule has 0 unspecified atom stereocenters. The van der Waals surface area contributed by atoms with Crippen LogP contribution in [0.3, 0.4) is 0 Å². The van der Waals surface area contributed by atoms with Crippen LogP contribution in [0.2, 0.25) is 0 Å². The van der Waals surface area contributed by atoms with Crippen LogP contribution in [-0.2, 0) is 10.2 Å². The molecule has 26 heavy (non-hydrogen) atoms. The molecule has 1 aliphatic rings. The van der Waals surface area contributed by atoms with Gasteiger partial charge in [0.2, 0.25) is 5.96 Å². The van der Waals surface area contributed by atoms with Crippen LogP contribution in [-0.4, -0.2) is 39.4 Å². The van der Waals surface area contributed by atoms with E-state index in [0.717, 1.165) is 18.8 Å². The first-order valence-electron chi connectivity index (χ1n) is 8.31. The number of hydrogen-bond acceptors (Lipinski definition) is 4. The van der Waals surface area contributed by atoms with Crippen LogP contribution in [0.4, 0.5) is 5.69 Å². The number of nitrogens with zero attached hydrogens (tertiary/aromatic N) is 2. The highest BCUT2D eigenvalue weighted by Gasteiger charge is 2.14. The van der Waals surface area contributed by atoms with Gasteiger partial charge in [-0.25, -0.2) is 0 Å². The molecule has 0 aromatic heterocycles. The molecule has 1 heterocycles. The summed E-state index contributed by atoms with van der Waals surface area (Å²) in [7, 11) is -3.94. The highest BCUT2D eigenvalue weighted by molar-refractivity contribution is 7.88. The number of hydrogen-bond donors (Lipinski definition) is 3. The Morgan fingerprint density at radius 2 is 1.73 bits per heavy atom. The second kappa shape index (κ2) is 9.75. The van der Waals surface area contributed by atoms with Crippen LogP contribution in [0.1, 0.15) is 43.5 Å². The zero-order valence-electron chi connectivity index (χ0n) is 14.9. The molecule has 1 aliphatic heterocycles. The number of piperidine rings is 1. The van der Waals surface area contributed by atoms with Crippen molar-refractivity contribution in [2.24, 2.45) is 10.1 Å². The van der Waals surface area contributed by atoms with Crippen LogP contribution >= 0.6 is 12.4 Å². The number of nitrogens with two attached hydrogens (primary N) is 1. The Hall–Kier alpha value is -1.84. The van der Waals surface area contributed by atoms with Gasteiger partial charge in [-0.1, -0.05) is 0 Å². The molecule has 1 saturated heterocycles. The third kappa shape index (κ3) is 6.81. The molecule has 0 aliphatic carbocycles. The van der Waals surface area contributed by atoms with E-state index in [0.29, 0.717) is 5.56 Å². The molecule has 1 fully saturated rings. The molecule has 146 valence electrons. The van der Waals surface area contributed by atoms with Gasteiger partial charge in [0.05, 0.1) is 0 Å². The van der Waals surface area contributed by atoms with Gasteiger partial charge in [0, 0.05) is 30.4 Å². The van der Waals surface area contributed by atoms with Gasteiger partial charge in [-0.3, -0.25) is 10.1 Å². The molecular weight excluding hydrogens is 378 g/mol. The quantitative estimate of drug-likeness (QED) is 0.507. The number of nitrogens with one attached hydrogen (secondary N) is 2. The molecule has 1 aromatic carbocycles. The molecule has 4 N–H and O–H groups in total. The van der Waals surface area contributed by atoms with Crippen molar-refractivity contribution < 1.29 is 13.2 Å². The number of carbonyl (C=O) groups is 1. The lowest BCUT2D eigenvalue weighted by molar-refractivity contribution is 0.0977. The molecule has 10 heteroatoms. The zero-order chi connectivity index (χ0) is 18.4. The topological polar surface area (TPSA) is 117 Å². The lowest BCUT2D eigenvalue weighted by Gasteiger charge is -2.28. The van der Waals surface area contributed by atoms with E-state index >= 15 is 0 Å². The predicted octanol–water partition coefficient (Wildman–Crippen LogP) is 1.39. The number of amides is 1. The summed E-state index contributed by atoms with van der Waals surface area (Å²) in [6.07, 6.45) is 3.60. The molecule has 8 nitrogen and oxygen atoms in total. The standard InChI is InChI=1S/C16H25N5O3S.ClH/c1-12(2)19-25(23,24)20-16(17)18-15(22)13-6-8-14(9-7-13)21-10-4-3-5-11-21;/h6-9,12,19H,3-5,10-11H2,1-2H3,(H3,17,18,20,22);1H. The normalized spacial score (nSPS) is 15.5. The molecule has 1 amide bonds. The van der Waals surface area contributed by atoms with E-state index in [-0.39, 0.29) is 18.4 Å². The summed E-state index contributed by atoms with van der Waals surface area (Å²) in [5.74, 6) is -0.982. The van der Waals surface area contributed by atoms with Crippen LogP contribution < -0.4 is 20.7 Å². The SMILES string of the molecule is CC(C)NS(=O)(=O)/N=C(\N)NC(=O)c1ccc(N2CCCCC2)cc1.Cl. The van der Waals surface area contributed by atoms with E-state index in [1.54, 1.807) is 26.0 Å². The van der Waals surface area contributed by atoms with Gasteiger partial charge in [-0.2, -0.15) is 13.1 Å². The van der Waals surface area contributed by atoms with E-state index < -0.39 is 22.1 Å². The molecule has 0 spiro atoms. The minimum Gasteiger partial charge on any atom is -0.372 e. The third-order valence-electron chi connectivity index (χ3n) is 3.70. The van der Waals surface area contributed by atoms with Gasteiger partial charge in [-0.15, -0.1) is 16.8 Å². The summed E-state index contributed by atoms with van der Waals surface area (Å²) in [5, 5.41) is 2.28. The first-order valence-corrected chi connectivity index (χ1v) is 9.75. The van der Waals surface area contributed by atoms with Crippen molar-refractivity contribution in [2.75, 3.05) is 18.0 Å². The van der Waals surface area contributed by atoms with Gasteiger partial charge >= 0.3 is 10.2 Å². The predicted molar refractivity (Wildman–Crippen MR) is 106 cm³/mol. The van der Waals surface area contributed by atoms with Gasteiger partial charge in [-0.05, 0) is 57.4 Å². The number of benzene rings is 1. The minimum absolute atomic E-state index is 0. The largest absolute Gasteiger partial charge is 0.372 e. The Labute approximate surface area is 160 Å². The molecule has 2 rings (SSSR count). The molecule has 0 bridgehead atoms. The summed E-state index contributed by atoms with van der Waals surface area (Å²) in [6.45, 7) is 5.36. The fraction of sp³-hybridized carbons (Fsp3) is 0.500. The highest BCUT2D eigenvalue weighted by atomic mass is 35.5. The Morgan fingerprint density at radius 3 is 2.27 bits per heavy atom. The van der Waals surface area contributed by atoms with Crippen molar-refractivity contribution in [3.8, 4) is 0 Å². The molecular formula is C16H26ClN5O3S. The van der Waals surface area contributed by atoms with Crippen molar-refractivity contribution in [3.63, 3.8) is 0 Å². The number of carbonyl (C=O) groups excluding carboxylic acids is 1. The number of anilines is 1. The number of guanidine groups is 1. The summed E-state index contributed by atoms with van der Waals surface area (Å²) in [6, 6.07) is 6.82. The average molecular weight is 404 g/mol. The summed E-state index contributed by atoms with van der Waals surface area (Å²) in [5.41, 5.74) is 6.96. The smallest absolute Gasteiger partial charge is 0.323 e. The third-order valence-corrected chi connectivity index (χ3v) is 4.90. The van der Waals surface area contributed by atoms with Crippen LogP contribution in [0.25, 0.3) is 0 Å². The van der Waals surface area contributed by atoms with Crippen LogP contribution in [0.15, 0.2) is 28.7 Å². The van der Waals surface area contributed by atoms with Gasteiger partial charge in [0.1, 0.15) is 0 Å². The average Bonchev–Trinajstić information content (AvgIpc) is 2.53. The molecule has 1 aromatic rings. The molecule has 0 radical (unpaired) electrons. The Bertz CT molecular complexity index is 729. The van der Waals surface area contributed by atoms with E-state index in [4.69, 9.17) is 5.73 Å². The van der Waals surface area contributed by atoms with Crippen LogP contribution in [0.5, 0.6) is 0 Å². The van der Waals surface area contributed by atoms with Crippen molar-refractivity contribution in [1.82, 2.24) is 10.0 Å². The fourth-order valence-electron chi connectivity index (χ4n) is 2.64. The number of rotatable bonds is 5. The highest BCUT2D eigenvalue weighted by Crippen LogP contribution is 2.20. The maximum absolute atomic E-state index is 12.1. The van der Waals surface area contributed by atoms with Gasteiger partial charge in [0.15, 0.2) is 0 Å². The molecule has 0 atom stereocenters. The Kier molecular flexibility index (Phi) is 8.32. The maximum Gasteiger partial charge on any atom is 0.323 e. The Balaban J connectivity index is 0.00000338. The lowest BCUT2D eigenvalue weighted by Crippen LogP contribution is -2.39. The van der Waals surface area contributed by atoms with E-state index in [2.05, 4.69) is 19.3 Å².